The zero-order chi connectivity index (χ0) is 24.2. The van der Waals surface area contributed by atoms with Gasteiger partial charge in [-0.1, -0.05) is 24.3 Å². The van der Waals surface area contributed by atoms with Gasteiger partial charge < -0.3 is 19.9 Å². The fourth-order valence-corrected chi connectivity index (χ4v) is 3.77. The van der Waals surface area contributed by atoms with Crippen LogP contribution in [-0.2, 0) is 23.1 Å². The number of nitrogens with one attached hydrogen (secondary N) is 2. The normalized spacial score (nSPS) is 15.2. The molecule has 1 aliphatic heterocycles. The zero-order valence-corrected chi connectivity index (χ0v) is 18.9. The quantitative estimate of drug-likeness (QED) is 0.562. The van der Waals surface area contributed by atoms with Crippen LogP contribution in [0.15, 0.2) is 60.8 Å². The molecule has 2 N–H and O–H groups in total. The molecule has 4 rings (SSSR count). The van der Waals surface area contributed by atoms with Crippen LogP contribution in [0, 0.1) is 5.82 Å². The minimum absolute atomic E-state index is 0.169. The maximum absolute atomic E-state index is 14.9. The summed E-state index contributed by atoms with van der Waals surface area (Å²) < 4.78 is 21.9. The summed E-state index contributed by atoms with van der Waals surface area (Å²) in [6, 6.07) is 15.4. The van der Waals surface area contributed by atoms with Gasteiger partial charge in [0.15, 0.2) is 0 Å². The molecule has 0 spiro atoms. The van der Waals surface area contributed by atoms with E-state index in [9.17, 15) is 18.8 Å². The summed E-state index contributed by atoms with van der Waals surface area (Å²) in [6.07, 6.45) is 0.735. The SMILES string of the molecule is CC(=O)NCC1CN(c2ccc(-c3ccc(CNC(=O)c4cccn4C)cc3)c(F)c2)C(=O)O1. The number of benzene rings is 2. The number of anilines is 1. The molecule has 0 bridgehead atoms. The molecule has 1 unspecified atom stereocenters. The minimum Gasteiger partial charge on any atom is -0.442 e. The molecular formula is C25H25FN4O4. The van der Waals surface area contributed by atoms with Gasteiger partial charge in [-0.25, -0.2) is 9.18 Å². The molecule has 1 fully saturated rings. The van der Waals surface area contributed by atoms with Crippen LogP contribution in [0.25, 0.3) is 11.1 Å². The number of ether oxygens (including phenoxy) is 1. The van der Waals surface area contributed by atoms with Gasteiger partial charge in [-0.15, -0.1) is 0 Å². The number of amides is 3. The van der Waals surface area contributed by atoms with Crippen LogP contribution in [0.4, 0.5) is 14.9 Å². The molecule has 1 aliphatic rings. The Kier molecular flexibility index (Phi) is 6.62. The summed E-state index contributed by atoms with van der Waals surface area (Å²) in [6.45, 7) is 2.16. The largest absolute Gasteiger partial charge is 0.442 e. The number of nitrogens with zero attached hydrogens (tertiary/aromatic N) is 2. The van der Waals surface area contributed by atoms with Crippen molar-refractivity contribution in [3.63, 3.8) is 0 Å². The lowest BCUT2D eigenvalue weighted by Gasteiger charge is -2.15. The molecule has 0 aliphatic carbocycles. The Morgan fingerprint density at radius 3 is 2.53 bits per heavy atom. The van der Waals surface area contributed by atoms with Crippen LogP contribution in [0.3, 0.4) is 0 Å². The number of halogens is 1. The lowest BCUT2D eigenvalue weighted by atomic mass is 10.0. The lowest BCUT2D eigenvalue weighted by Crippen LogP contribution is -2.33. The van der Waals surface area contributed by atoms with E-state index in [1.165, 1.54) is 17.9 Å². The second kappa shape index (κ2) is 9.78. The fourth-order valence-electron chi connectivity index (χ4n) is 3.77. The summed E-state index contributed by atoms with van der Waals surface area (Å²) in [4.78, 5) is 36.8. The van der Waals surface area contributed by atoms with Gasteiger partial charge in [0, 0.05) is 32.3 Å². The Labute approximate surface area is 196 Å². The molecule has 3 amide bonds. The Balaban J connectivity index is 1.40. The highest BCUT2D eigenvalue weighted by Crippen LogP contribution is 2.29. The van der Waals surface area contributed by atoms with Crippen LogP contribution >= 0.6 is 0 Å². The van der Waals surface area contributed by atoms with Crippen LogP contribution < -0.4 is 15.5 Å². The standard InChI is InChI=1S/C25H25FN4O4/c1-16(31)27-14-20-15-30(25(33)34-20)19-9-10-21(22(26)12-19)18-7-5-17(6-8-18)13-28-24(32)23-4-3-11-29(23)2/h3-12,20H,13-15H2,1-2H3,(H,27,31)(H,28,32). The molecule has 0 saturated carbocycles. The first-order chi connectivity index (χ1) is 16.3. The Bertz CT molecular complexity index is 1220. The van der Waals surface area contributed by atoms with Crippen molar-refractivity contribution >= 4 is 23.6 Å². The smallest absolute Gasteiger partial charge is 0.414 e. The number of hydrogen-bond donors (Lipinski definition) is 2. The maximum atomic E-state index is 14.9. The number of rotatable bonds is 7. The molecule has 1 saturated heterocycles. The molecule has 0 radical (unpaired) electrons. The second-order valence-corrected chi connectivity index (χ2v) is 8.10. The Hall–Kier alpha value is -4.14. The summed E-state index contributed by atoms with van der Waals surface area (Å²) in [5.41, 5.74) is 2.91. The van der Waals surface area contributed by atoms with Crippen molar-refractivity contribution in [2.75, 3.05) is 18.0 Å². The molecule has 9 heteroatoms. The Morgan fingerprint density at radius 1 is 1.12 bits per heavy atom. The van der Waals surface area contributed by atoms with Gasteiger partial charge in [0.05, 0.1) is 18.8 Å². The summed E-state index contributed by atoms with van der Waals surface area (Å²) in [5, 5.41) is 5.48. The molecule has 8 nitrogen and oxygen atoms in total. The van der Waals surface area contributed by atoms with Crippen molar-refractivity contribution in [1.82, 2.24) is 15.2 Å². The third-order valence-corrected chi connectivity index (χ3v) is 5.61. The lowest BCUT2D eigenvalue weighted by molar-refractivity contribution is -0.119. The van der Waals surface area contributed by atoms with Gasteiger partial charge in [-0.3, -0.25) is 14.5 Å². The molecule has 34 heavy (non-hydrogen) atoms. The van der Waals surface area contributed by atoms with Crippen molar-refractivity contribution in [1.29, 1.82) is 0 Å². The van der Waals surface area contributed by atoms with E-state index in [2.05, 4.69) is 10.6 Å². The first-order valence-corrected chi connectivity index (χ1v) is 10.8. The molecule has 2 heterocycles. The first-order valence-electron chi connectivity index (χ1n) is 10.8. The van der Waals surface area contributed by atoms with Crippen molar-refractivity contribution < 1.29 is 23.5 Å². The zero-order valence-electron chi connectivity index (χ0n) is 18.9. The van der Waals surface area contributed by atoms with E-state index in [0.29, 0.717) is 29.1 Å². The third kappa shape index (κ3) is 5.09. The van der Waals surface area contributed by atoms with Crippen molar-refractivity contribution in [2.24, 2.45) is 7.05 Å². The van der Waals surface area contributed by atoms with E-state index >= 15 is 0 Å². The van der Waals surface area contributed by atoms with Gasteiger partial charge in [-0.05, 0) is 41.5 Å². The first kappa shape index (κ1) is 23.0. The van der Waals surface area contributed by atoms with Gasteiger partial charge in [0.1, 0.15) is 17.6 Å². The van der Waals surface area contributed by atoms with Gasteiger partial charge in [0.25, 0.3) is 5.91 Å². The van der Waals surface area contributed by atoms with Gasteiger partial charge >= 0.3 is 6.09 Å². The minimum atomic E-state index is -0.579. The highest BCUT2D eigenvalue weighted by atomic mass is 19.1. The van der Waals surface area contributed by atoms with E-state index in [0.717, 1.165) is 5.56 Å². The third-order valence-electron chi connectivity index (χ3n) is 5.61. The highest BCUT2D eigenvalue weighted by Gasteiger charge is 2.32. The van der Waals surface area contributed by atoms with Crippen molar-refractivity contribution in [3.05, 3.63) is 77.9 Å². The maximum Gasteiger partial charge on any atom is 0.414 e. The molecule has 1 atom stereocenters. The van der Waals surface area contributed by atoms with Gasteiger partial charge in [0.2, 0.25) is 5.91 Å². The number of cyclic esters (lactones) is 1. The molecular weight excluding hydrogens is 439 g/mol. The topological polar surface area (TPSA) is 92.7 Å². The van der Waals surface area contributed by atoms with Crippen LogP contribution in [0.5, 0.6) is 0 Å². The van der Waals surface area contributed by atoms with Crippen molar-refractivity contribution in [3.8, 4) is 11.1 Å². The summed E-state index contributed by atoms with van der Waals surface area (Å²) >= 11 is 0. The predicted molar refractivity (Wildman–Crippen MR) is 125 cm³/mol. The number of carbonyl (C=O) groups excluding carboxylic acids is 3. The number of aromatic nitrogens is 1. The Morgan fingerprint density at radius 2 is 1.88 bits per heavy atom. The van der Waals surface area contributed by atoms with Crippen LogP contribution in [0.2, 0.25) is 0 Å². The summed E-state index contributed by atoms with van der Waals surface area (Å²) in [5.74, 6) is -0.854. The van der Waals surface area contributed by atoms with E-state index in [1.54, 1.807) is 54.2 Å². The van der Waals surface area contributed by atoms with Crippen molar-refractivity contribution in [2.45, 2.75) is 19.6 Å². The van der Waals surface area contributed by atoms with E-state index in [4.69, 9.17) is 4.74 Å². The fraction of sp³-hybridized carbons (Fsp3) is 0.240. The monoisotopic (exact) mass is 464 g/mol. The molecule has 3 aromatic rings. The van der Waals surface area contributed by atoms with Gasteiger partial charge in [-0.2, -0.15) is 0 Å². The average molecular weight is 464 g/mol. The molecule has 176 valence electrons. The predicted octanol–water partition coefficient (Wildman–Crippen LogP) is 3.22. The van der Waals surface area contributed by atoms with Crippen LogP contribution in [0.1, 0.15) is 23.0 Å². The van der Waals surface area contributed by atoms with E-state index < -0.39 is 18.0 Å². The highest BCUT2D eigenvalue weighted by molar-refractivity contribution is 5.92. The molecule has 2 aromatic carbocycles. The average Bonchev–Trinajstić information content (AvgIpc) is 3.41. The number of aryl methyl sites for hydroxylation is 1. The molecule has 1 aromatic heterocycles. The van der Waals surface area contributed by atoms with Crippen LogP contribution in [-0.4, -0.2) is 41.7 Å². The second-order valence-electron chi connectivity index (χ2n) is 8.10. The number of carbonyl (C=O) groups is 3. The van der Waals surface area contributed by atoms with E-state index in [1.807, 2.05) is 12.1 Å². The number of hydrogen-bond acceptors (Lipinski definition) is 4. The van der Waals surface area contributed by atoms with E-state index in [-0.39, 0.29) is 24.9 Å². The summed E-state index contributed by atoms with van der Waals surface area (Å²) in [7, 11) is 1.81.